The lowest BCUT2D eigenvalue weighted by molar-refractivity contribution is -0.130. The molecule has 0 bridgehead atoms. The average molecular weight is 471 g/mol. The molecule has 2 aromatic rings. The molecule has 33 heavy (non-hydrogen) atoms. The van der Waals surface area contributed by atoms with Crippen LogP contribution in [0, 0.1) is 5.92 Å². The van der Waals surface area contributed by atoms with Crippen molar-refractivity contribution in [1.29, 1.82) is 0 Å². The molecule has 1 fully saturated rings. The van der Waals surface area contributed by atoms with E-state index < -0.39 is 12.0 Å². The van der Waals surface area contributed by atoms with Gasteiger partial charge in [-0.05, 0) is 33.7 Å². The lowest BCUT2D eigenvalue weighted by atomic mass is 9.86. The molecule has 2 N–H and O–H groups in total. The van der Waals surface area contributed by atoms with E-state index in [1.54, 1.807) is 7.11 Å². The van der Waals surface area contributed by atoms with Gasteiger partial charge in [-0.2, -0.15) is 0 Å². The van der Waals surface area contributed by atoms with Crippen LogP contribution >= 0.6 is 11.6 Å². The Bertz CT molecular complexity index is 1030. The first-order valence-electron chi connectivity index (χ1n) is 11.0. The maximum atomic E-state index is 13.4. The number of ketones is 1. The van der Waals surface area contributed by atoms with Crippen LogP contribution in [0.25, 0.3) is 0 Å². The third-order valence-electron chi connectivity index (χ3n) is 5.80. The monoisotopic (exact) mass is 470 g/mol. The van der Waals surface area contributed by atoms with Crippen molar-refractivity contribution in [3.63, 3.8) is 0 Å². The number of hydrogen-bond acceptors (Lipinski definition) is 4. The number of hydrogen-bond donors (Lipinski definition) is 2. The molecule has 1 heterocycles. The number of methoxy groups -OCH3 is 1. The fraction of sp³-hybridized carbons (Fsp3) is 0.423. The van der Waals surface area contributed by atoms with E-state index >= 15 is 0 Å². The van der Waals surface area contributed by atoms with Gasteiger partial charge in [0.1, 0.15) is 6.04 Å². The van der Waals surface area contributed by atoms with Crippen molar-refractivity contribution in [3.8, 4) is 0 Å². The zero-order valence-electron chi connectivity index (χ0n) is 19.5. The first-order valence-corrected chi connectivity index (χ1v) is 11.4. The summed E-state index contributed by atoms with van der Waals surface area (Å²) in [5.41, 5.74) is 3.34. The second-order valence-electron chi connectivity index (χ2n) is 9.53. The first kappa shape index (κ1) is 24.9. The van der Waals surface area contributed by atoms with Crippen LogP contribution in [-0.4, -0.2) is 31.3 Å². The zero-order chi connectivity index (χ0) is 24.2. The molecule has 0 saturated carbocycles. The Morgan fingerprint density at radius 3 is 2.36 bits per heavy atom. The molecule has 1 saturated heterocycles. The van der Waals surface area contributed by atoms with Crippen LogP contribution in [0.1, 0.15) is 55.5 Å². The summed E-state index contributed by atoms with van der Waals surface area (Å²) in [5.74, 6) is -1.11. The van der Waals surface area contributed by atoms with Crippen molar-refractivity contribution < 1.29 is 19.1 Å². The second kappa shape index (κ2) is 10.5. The molecule has 0 aromatic heterocycles. The molecule has 1 aliphatic heterocycles. The Morgan fingerprint density at radius 2 is 1.82 bits per heavy atom. The topological polar surface area (TPSA) is 84.5 Å². The molecule has 0 radical (unpaired) electrons. The van der Waals surface area contributed by atoms with Gasteiger partial charge in [-0.25, -0.2) is 0 Å². The van der Waals surface area contributed by atoms with Gasteiger partial charge in [-0.1, -0.05) is 68.8 Å². The number of carbonyl (C=O) groups excluding carboxylic acids is 3. The number of benzene rings is 2. The first-order chi connectivity index (χ1) is 15.6. The van der Waals surface area contributed by atoms with Crippen LogP contribution in [0.15, 0.2) is 42.5 Å². The largest absolute Gasteiger partial charge is 0.380 e. The Labute approximate surface area is 200 Å². The molecule has 0 spiro atoms. The van der Waals surface area contributed by atoms with Gasteiger partial charge >= 0.3 is 0 Å². The predicted molar refractivity (Wildman–Crippen MR) is 128 cm³/mol. The van der Waals surface area contributed by atoms with Gasteiger partial charge in [0.2, 0.25) is 11.8 Å². The fourth-order valence-electron chi connectivity index (χ4n) is 3.95. The number of amides is 2. The highest BCUT2D eigenvalue weighted by atomic mass is 35.5. The average Bonchev–Trinajstić information content (AvgIpc) is 3.18. The molecule has 2 amide bonds. The molecular weight excluding hydrogens is 440 g/mol. The highest BCUT2D eigenvalue weighted by Crippen LogP contribution is 2.30. The Kier molecular flexibility index (Phi) is 7.92. The minimum Gasteiger partial charge on any atom is -0.380 e. The van der Waals surface area contributed by atoms with Crippen molar-refractivity contribution >= 4 is 29.2 Å². The number of ether oxygens (including phenoxy) is 1. The number of carbonyl (C=O) groups is 3. The van der Waals surface area contributed by atoms with E-state index in [0.717, 1.165) is 16.7 Å². The molecule has 7 heteroatoms. The van der Waals surface area contributed by atoms with Crippen LogP contribution in [0.4, 0.5) is 0 Å². The lowest BCUT2D eigenvalue weighted by Gasteiger charge is -2.22. The van der Waals surface area contributed by atoms with Gasteiger partial charge < -0.3 is 15.4 Å². The molecule has 1 aliphatic rings. The van der Waals surface area contributed by atoms with Gasteiger partial charge in [0.25, 0.3) is 0 Å². The minimum absolute atomic E-state index is 0.104. The summed E-state index contributed by atoms with van der Waals surface area (Å²) < 4.78 is 5.15. The Balaban J connectivity index is 1.83. The zero-order valence-corrected chi connectivity index (χ0v) is 20.3. The highest BCUT2D eigenvalue weighted by Gasteiger charge is 2.31. The third-order valence-corrected chi connectivity index (χ3v) is 6.11. The second-order valence-corrected chi connectivity index (χ2v) is 9.94. The molecule has 176 valence electrons. The number of halogens is 1. The van der Waals surface area contributed by atoms with E-state index in [-0.39, 0.29) is 42.4 Å². The Morgan fingerprint density at radius 1 is 1.15 bits per heavy atom. The van der Waals surface area contributed by atoms with Crippen LogP contribution < -0.4 is 10.6 Å². The summed E-state index contributed by atoms with van der Waals surface area (Å²) >= 11 is 6.49. The Hall–Kier alpha value is -2.70. The van der Waals surface area contributed by atoms with Crippen LogP contribution in [0.3, 0.4) is 0 Å². The van der Waals surface area contributed by atoms with E-state index in [2.05, 4.69) is 31.4 Å². The van der Waals surface area contributed by atoms with Crippen molar-refractivity contribution in [2.45, 2.75) is 51.7 Å². The third kappa shape index (κ3) is 6.42. The van der Waals surface area contributed by atoms with E-state index in [4.69, 9.17) is 16.3 Å². The van der Waals surface area contributed by atoms with Crippen LogP contribution in [0.2, 0.25) is 5.02 Å². The van der Waals surface area contributed by atoms with Gasteiger partial charge in [-0.15, -0.1) is 0 Å². The summed E-state index contributed by atoms with van der Waals surface area (Å²) in [5, 5.41) is 6.16. The number of nitrogens with one attached hydrogen (secondary N) is 2. The normalized spacial score (nSPS) is 16.9. The maximum Gasteiger partial charge on any atom is 0.226 e. The molecule has 6 nitrogen and oxygen atoms in total. The standard InChI is InChI=1S/C26H31ClN2O4/c1-26(2,3)20-10-7-17(11-21(20)27)12-22(30)24(18-8-5-16(6-9-18)15-33-4)29-25(32)19-13-23(31)28-14-19/h5-11,19,24H,12-15H2,1-4H3,(H,28,31)(H,29,32)/t19-,24?/m0/s1. The van der Waals surface area contributed by atoms with Crippen LogP contribution in [-0.2, 0) is 37.6 Å². The number of rotatable bonds is 8. The number of Topliss-reactive ketones (excluding diaryl/α,β-unsaturated/α-hetero) is 1. The van der Waals surface area contributed by atoms with Crippen molar-refractivity contribution in [1.82, 2.24) is 10.6 Å². The van der Waals surface area contributed by atoms with Crippen molar-refractivity contribution in [3.05, 3.63) is 69.7 Å². The van der Waals surface area contributed by atoms with Crippen molar-refractivity contribution in [2.24, 2.45) is 5.92 Å². The van der Waals surface area contributed by atoms with E-state index in [9.17, 15) is 14.4 Å². The maximum absolute atomic E-state index is 13.4. The molecule has 0 aliphatic carbocycles. The summed E-state index contributed by atoms with van der Waals surface area (Å²) in [4.78, 5) is 37.7. The molecule has 3 rings (SSSR count). The molecule has 1 unspecified atom stereocenters. The summed E-state index contributed by atoms with van der Waals surface area (Å²) in [6, 6.07) is 12.3. The fourth-order valence-corrected chi connectivity index (χ4v) is 4.44. The lowest BCUT2D eigenvalue weighted by Crippen LogP contribution is -2.39. The molecule has 2 aromatic carbocycles. The summed E-state index contributed by atoms with van der Waals surface area (Å²) in [6.07, 6.45) is 0.250. The van der Waals surface area contributed by atoms with E-state index in [1.165, 1.54) is 0 Å². The van der Waals surface area contributed by atoms with E-state index in [1.807, 2.05) is 42.5 Å². The smallest absolute Gasteiger partial charge is 0.226 e. The quantitative estimate of drug-likeness (QED) is 0.613. The highest BCUT2D eigenvalue weighted by molar-refractivity contribution is 6.31. The van der Waals surface area contributed by atoms with Gasteiger partial charge in [0.05, 0.1) is 12.5 Å². The molecular formula is C26H31ClN2O4. The SMILES string of the molecule is COCc1ccc(C(NC(=O)[C@@H]2CNC(=O)C2)C(=O)Cc2ccc(C(C)(C)C)c(Cl)c2)cc1. The van der Waals surface area contributed by atoms with Gasteiger partial charge in [-0.3, -0.25) is 14.4 Å². The van der Waals surface area contributed by atoms with Crippen LogP contribution in [0.5, 0.6) is 0 Å². The minimum atomic E-state index is -0.828. The summed E-state index contributed by atoms with van der Waals surface area (Å²) in [6.45, 7) is 6.99. The van der Waals surface area contributed by atoms with E-state index in [0.29, 0.717) is 17.2 Å². The van der Waals surface area contributed by atoms with Crippen molar-refractivity contribution in [2.75, 3.05) is 13.7 Å². The summed E-state index contributed by atoms with van der Waals surface area (Å²) in [7, 11) is 1.62. The molecule has 2 atom stereocenters. The predicted octanol–water partition coefficient (Wildman–Crippen LogP) is 3.89. The van der Waals surface area contributed by atoms with Gasteiger partial charge in [0.15, 0.2) is 5.78 Å². The van der Waals surface area contributed by atoms with Gasteiger partial charge in [0, 0.05) is 31.5 Å².